The van der Waals surface area contributed by atoms with Crippen LogP contribution in [0.5, 0.6) is 0 Å². The Morgan fingerprint density at radius 2 is 1.76 bits per heavy atom. The summed E-state index contributed by atoms with van der Waals surface area (Å²) in [6.07, 6.45) is 2.57. The van der Waals surface area contributed by atoms with Gasteiger partial charge in [0.25, 0.3) is 0 Å². The molecule has 0 fully saturated rings. The number of benzene rings is 2. The third kappa shape index (κ3) is 3.02. The standard InChI is InChI=1S/C20H15N3OS/c1-14-7-9-16(10-8-14)19-17(12-24)11-23(22-19)20-21-18(13-25-20)15-5-3-2-4-6-15/h2-13H,1H3. The van der Waals surface area contributed by atoms with Crippen molar-refractivity contribution in [3.05, 3.63) is 77.3 Å². The fraction of sp³-hybridized carbons (Fsp3) is 0.0500. The van der Waals surface area contributed by atoms with Gasteiger partial charge in [-0.1, -0.05) is 60.2 Å². The lowest BCUT2D eigenvalue weighted by atomic mass is 10.1. The molecule has 2 aromatic heterocycles. The van der Waals surface area contributed by atoms with Crippen LogP contribution in [0.3, 0.4) is 0 Å². The second kappa shape index (κ2) is 6.45. The number of hydrogen-bond donors (Lipinski definition) is 0. The molecule has 0 spiro atoms. The molecule has 0 unspecified atom stereocenters. The van der Waals surface area contributed by atoms with Crippen molar-refractivity contribution in [1.82, 2.24) is 14.8 Å². The van der Waals surface area contributed by atoms with Gasteiger partial charge >= 0.3 is 0 Å². The molecule has 0 atom stereocenters. The van der Waals surface area contributed by atoms with Gasteiger partial charge in [-0.2, -0.15) is 5.10 Å². The number of hydrogen-bond acceptors (Lipinski definition) is 4. The number of aromatic nitrogens is 3. The predicted octanol–water partition coefficient (Wildman–Crippen LogP) is 4.78. The van der Waals surface area contributed by atoms with E-state index in [0.29, 0.717) is 11.3 Å². The number of nitrogens with zero attached hydrogens (tertiary/aromatic N) is 3. The molecule has 4 aromatic rings. The minimum absolute atomic E-state index is 0.556. The topological polar surface area (TPSA) is 47.8 Å². The van der Waals surface area contributed by atoms with Crippen molar-refractivity contribution in [1.29, 1.82) is 0 Å². The van der Waals surface area contributed by atoms with Crippen LogP contribution in [0.1, 0.15) is 15.9 Å². The van der Waals surface area contributed by atoms with Crippen molar-refractivity contribution in [2.75, 3.05) is 0 Å². The normalized spacial score (nSPS) is 10.8. The number of rotatable bonds is 4. The van der Waals surface area contributed by atoms with E-state index in [-0.39, 0.29) is 0 Å². The van der Waals surface area contributed by atoms with Gasteiger partial charge in [0.2, 0.25) is 5.13 Å². The average Bonchev–Trinajstić information content (AvgIpc) is 3.30. The van der Waals surface area contributed by atoms with E-state index >= 15 is 0 Å². The van der Waals surface area contributed by atoms with Gasteiger partial charge in [-0.15, -0.1) is 11.3 Å². The molecule has 0 aliphatic rings. The third-order valence-corrected chi connectivity index (χ3v) is 4.78. The van der Waals surface area contributed by atoms with E-state index < -0.39 is 0 Å². The maximum absolute atomic E-state index is 11.5. The fourth-order valence-electron chi connectivity index (χ4n) is 2.62. The molecule has 0 N–H and O–H groups in total. The van der Waals surface area contributed by atoms with Gasteiger partial charge in [-0.05, 0) is 6.92 Å². The van der Waals surface area contributed by atoms with Crippen molar-refractivity contribution >= 4 is 17.6 Å². The maximum Gasteiger partial charge on any atom is 0.210 e. The molecule has 25 heavy (non-hydrogen) atoms. The van der Waals surface area contributed by atoms with Crippen LogP contribution in [0.2, 0.25) is 0 Å². The van der Waals surface area contributed by atoms with E-state index in [2.05, 4.69) is 10.1 Å². The highest BCUT2D eigenvalue weighted by molar-refractivity contribution is 7.12. The number of thiazole rings is 1. The molecule has 2 heterocycles. The molecule has 0 aliphatic carbocycles. The first-order valence-electron chi connectivity index (χ1n) is 7.88. The van der Waals surface area contributed by atoms with Crippen LogP contribution >= 0.6 is 11.3 Å². The molecule has 4 nitrogen and oxygen atoms in total. The summed E-state index contributed by atoms with van der Waals surface area (Å²) in [5.74, 6) is 0. The highest BCUT2D eigenvalue weighted by Crippen LogP contribution is 2.27. The predicted molar refractivity (Wildman–Crippen MR) is 100 cm³/mol. The number of aryl methyl sites for hydroxylation is 1. The highest BCUT2D eigenvalue weighted by Gasteiger charge is 2.14. The Bertz CT molecular complexity index is 1020. The minimum Gasteiger partial charge on any atom is -0.298 e. The number of carbonyl (C=O) groups is 1. The molecule has 0 saturated carbocycles. The maximum atomic E-state index is 11.5. The summed E-state index contributed by atoms with van der Waals surface area (Å²) in [6, 6.07) is 18.0. The first-order valence-corrected chi connectivity index (χ1v) is 8.76. The monoisotopic (exact) mass is 345 g/mol. The van der Waals surface area contributed by atoms with Crippen molar-refractivity contribution in [3.8, 4) is 27.6 Å². The van der Waals surface area contributed by atoms with E-state index in [9.17, 15) is 4.79 Å². The molecule has 0 aliphatic heterocycles. The summed E-state index contributed by atoms with van der Waals surface area (Å²) in [5, 5.41) is 7.33. The Morgan fingerprint density at radius 1 is 1.00 bits per heavy atom. The quantitative estimate of drug-likeness (QED) is 0.500. The van der Waals surface area contributed by atoms with Gasteiger partial charge in [0.15, 0.2) is 6.29 Å². The van der Waals surface area contributed by atoms with Crippen LogP contribution in [0.4, 0.5) is 0 Å². The van der Waals surface area contributed by atoms with Crippen LogP contribution in [0.15, 0.2) is 66.2 Å². The van der Waals surface area contributed by atoms with E-state index in [1.165, 1.54) is 16.9 Å². The average molecular weight is 345 g/mol. The van der Waals surface area contributed by atoms with E-state index in [1.807, 2.05) is 66.9 Å². The fourth-order valence-corrected chi connectivity index (χ4v) is 3.38. The minimum atomic E-state index is 0.556. The van der Waals surface area contributed by atoms with E-state index in [4.69, 9.17) is 0 Å². The van der Waals surface area contributed by atoms with Crippen LogP contribution in [0, 0.1) is 6.92 Å². The van der Waals surface area contributed by atoms with Gasteiger partial charge in [-0.25, -0.2) is 9.67 Å². The molecule has 4 rings (SSSR count). The molecule has 0 radical (unpaired) electrons. The lowest BCUT2D eigenvalue weighted by molar-refractivity contribution is 0.112. The lowest BCUT2D eigenvalue weighted by Crippen LogP contribution is -1.94. The molecule has 0 saturated heterocycles. The Balaban J connectivity index is 1.73. The van der Waals surface area contributed by atoms with Crippen LogP contribution < -0.4 is 0 Å². The second-order valence-corrected chi connectivity index (χ2v) is 6.58. The second-order valence-electron chi connectivity index (χ2n) is 5.74. The zero-order valence-corrected chi connectivity index (χ0v) is 14.4. The number of aldehydes is 1. The SMILES string of the molecule is Cc1ccc(-c2nn(-c3nc(-c4ccccc4)cs3)cc2C=O)cc1. The summed E-state index contributed by atoms with van der Waals surface area (Å²) in [5.41, 5.74) is 5.29. The van der Waals surface area contributed by atoms with Crippen molar-refractivity contribution in [3.63, 3.8) is 0 Å². The first kappa shape index (κ1) is 15.5. The zero-order chi connectivity index (χ0) is 17.2. The lowest BCUT2D eigenvalue weighted by Gasteiger charge is -1.99. The summed E-state index contributed by atoms with van der Waals surface area (Å²) in [7, 11) is 0. The highest BCUT2D eigenvalue weighted by atomic mass is 32.1. The molecule has 0 amide bonds. The Kier molecular flexibility index (Phi) is 3.99. The van der Waals surface area contributed by atoms with Gasteiger partial charge in [0.05, 0.1) is 11.3 Å². The first-order chi connectivity index (χ1) is 12.2. The Hall–Kier alpha value is -3.05. The van der Waals surface area contributed by atoms with E-state index in [0.717, 1.165) is 28.2 Å². The van der Waals surface area contributed by atoms with Crippen LogP contribution in [-0.4, -0.2) is 21.1 Å². The van der Waals surface area contributed by atoms with Crippen molar-refractivity contribution in [2.45, 2.75) is 6.92 Å². The van der Waals surface area contributed by atoms with Gasteiger partial charge in [-0.3, -0.25) is 4.79 Å². The largest absolute Gasteiger partial charge is 0.298 e. The number of carbonyl (C=O) groups excluding carboxylic acids is 1. The van der Waals surface area contributed by atoms with Crippen molar-refractivity contribution < 1.29 is 4.79 Å². The molecule has 5 heteroatoms. The molecule has 122 valence electrons. The Morgan fingerprint density at radius 3 is 2.48 bits per heavy atom. The summed E-state index contributed by atoms with van der Waals surface area (Å²) in [6.45, 7) is 2.03. The van der Waals surface area contributed by atoms with Crippen LogP contribution in [0.25, 0.3) is 27.6 Å². The summed E-state index contributed by atoms with van der Waals surface area (Å²) >= 11 is 1.50. The molecular formula is C20H15N3OS. The summed E-state index contributed by atoms with van der Waals surface area (Å²) < 4.78 is 1.68. The molecular weight excluding hydrogens is 330 g/mol. The van der Waals surface area contributed by atoms with Gasteiger partial charge < -0.3 is 0 Å². The molecule has 0 bridgehead atoms. The summed E-state index contributed by atoms with van der Waals surface area (Å²) in [4.78, 5) is 16.1. The zero-order valence-electron chi connectivity index (χ0n) is 13.6. The van der Waals surface area contributed by atoms with Crippen molar-refractivity contribution in [2.24, 2.45) is 0 Å². The molecule has 2 aromatic carbocycles. The van der Waals surface area contributed by atoms with Gasteiger partial charge in [0, 0.05) is 22.7 Å². The van der Waals surface area contributed by atoms with E-state index in [1.54, 1.807) is 10.9 Å². The van der Waals surface area contributed by atoms with Crippen LogP contribution in [-0.2, 0) is 0 Å². The third-order valence-electron chi connectivity index (χ3n) is 3.95. The van der Waals surface area contributed by atoms with Gasteiger partial charge in [0.1, 0.15) is 5.69 Å². The Labute approximate surface area is 149 Å². The smallest absolute Gasteiger partial charge is 0.210 e.